The van der Waals surface area contributed by atoms with E-state index in [9.17, 15) is 14.4 Å². The third-order valence-corrected chi connectivity index (χ3v) is 5.22. The number of imide groups is 2. The second kappa shape index (κ2) is 9.78. The van der Waals surface area contributed by atoms with E-state index in [4.69, 9.17) is 9.47 Å². The summed E-state index contributed by atoms with van der Waals surface area (Å²) in [7, 11) is 0. The molecule has 2 aromatic rings. The molecule has 0 aromatic heterocycles. The van der Waals surface area contributed by atoms with Gasteiger partial charge in [-0.15, -0.1) is 0 Å². The normalized spacial score (nSPS) is 15.3. The molecule has 0 saturated carbocycles. The maximum Gasteiger partial charge on any atom is 0.335 e. The fraction of sp³-hybridized carbons (Fsp3) is 0.261. The minimum atomic E-state index is -0.778. The van der Waals surface area contributed by atoms with Gasteiger partial charge >= 0.3 is 6.03 Å². The average molecular weight is 487 g/mol. The summed E-state index contributed by atoms with van der Waals surface area (Å²) in [6, 6.07) is 9.68. The highest BCUT2D eigenvalue weighted by molar-refractivity contribution is 9.10. The molecule has 0 radical (unpaired) electrons. The third-order valence-electron chi connectivity index (χ3n) is 4.64. The number of urea groups is 1. The number of nitrogens with one attached hydrogen (secondary N) is 1. The van der Waals surface area contributed by atoms with Crippen molar-refractivity contribution in [3.8, 4) is 11.5 Å². The molecule has 2 aromatic carbocycles. The summed E-state index contributed by atoms with van der Waals surface area (Å²) >= 11 is 3.45. The van der Waals surface area contributed by atoms with Crippen molar-refractivity contribution >= 4 is 45.5 Å². The lowest BCUT2D eigenvalue weighted by molar-refractivity contribution is -0.122. The first-order chi connectivity index (χ1) is 14.9. The molecule has 3 rings (SSSR count). The standard InChI is InChI=1S/C23H23BrN2O5/c1-4-14-7-9-16(10-8-14)26-22(28)17(21(27)25-23(26)29)11-15-12-18(24)20(31-6-3)19(13-15)30-5-2/h7-13H,4-6H2,1-3H3,(H,25,27,29)/b17-11-. The molecular formula is C23H23BrN2O5. The van der Waals surface area contributed by atoms with Crippen molar-refractivity contribution in [2.75, 3.05) is 18.1 Å². The Labute approximate surface area is 189 Å². The van der Waals surface area contributed by atoms with Gasteiger partial charge in [-0.3, -0.25) is 14.9 Å². The Kier molecular flexibility index (Phi) is 7.12. The Morgan fingerprint density at radius 1 is 1.00 bits per heavy atom. The topological polar surface area (TPSA) is 84.9 Å². The predicted octanol–water partition coefficient (Wildman–Crippen LogP) is 4.48. The van der Waals surface area contributed by atoms with Gasteiger partial charge in [-0.25, -0.2) is 9.69 Å². The fourth-order valence-electron chi connectivity index (χ4n) is 3.16. The molecule has 0 aliphatic carbocycles. The maximum absolute atomic E-state index is 13.1. The van der Waals surface area contributed by atoms with Crippen LogP contribution in [0.1, 0.15) is 31.9 Å². The molecule has 8 heteroatoms. The first-order valence-electron chi connectivity index (χ1n) is 9.99. The number of hydrogen-bond donors (Lipinski definition) is 1. The summed E-state index contributed by atoms with van der Waals surface area (Å²) in [5.41, 5.74) is 1.86. The molecule has 1 saturated heterocycles. The Hall–Kier alpha value is -3.13. The van der Waals surface area contributed by atoms with E-state index in [2.05, 4.69) is 21.2 Å². The van der Waals surface area contributed by atoms with Crippen molar-refractivity contribution < 1.29 is 23.9 Å². The van der Waals surface area contributed by atoms with E-state index < -0.39 is 17.8 Å². The van der Waals surface area contributed by atoms with Gasteiger partial charge in [-0.1, -0.05) is 19.1 Å². The van der Waals surface area contributed by atoms with Gasteiger partial charge in [0.15, 0.2) is 11.5 Å². The van der Waals surface area contributed by atoms with Crippen LogP contribution in [0.5, 0.6) is 11.5 Å². The van der Waals surface area contributed by atoms with Gasteiger partial charge in [0, 0.05) is 0 Å². The Balaban J connectivity index is 2.01. The van der Waals surface area contributed by atoms with Gasteiger partial charge in [-0.2, -0.15) is 0 Å². The number of amides is 4. The van der Waals surface area contributed by atoms with Crippen LogP contribution < -0.4 is 19.7 Å². The lowest BCUT2D eigenvalue weighted by Gasteiger charge is -2.26. The highest BCUT2D eigenvalue weighted by Gasteiger charge is 2.36. The van der Waals surface area contributed by atoms with Gasteiger partial charge in [0.2, 0.25) is 0 Å². The molecule has 7 nitrogen and oxygen atoms in total. The highest BCUT2D eigenvalue weighted by atomic mass is 79.9. The second-order valence-electron chi connectivity index (χ2n) is 6.67. The summed E-state index contributed by atoms with van der Waals surface area (Å²) in [4.78, 5) is 38.9. The van der Waals surface area contributed by atoms with E-state index in [0.29, 0.717) is 40.4 Å². The van der Waals surface area contributed by atoms with Crippen LogP contribution in [0, 0.1) is 0 Å². The quantitative estimate of drug-likeness (QED) is 0.460. The molecule has 0 bridgehead atoms. The number of hydrogen-bond acceptors (Lipinski definition) is 5. The highest BCUT2D eigenvalue weighted by Crippen LogP contribution is 2.37. The van der Waals surface area contributed by atoms with Crippen LogP contribution in [0.2, 0.25) is 0 Å². The summed E-state index contributed by atoms with van der Waals surface area (Å²) in [6.07, 6.45) is 2.26. The van der Waals surface area contributed by atoms with Crippen molar-refractivity contribution in [3.05, 3.63) is 57.6 Å². The number of carbonyl (C=O) groups is 3. The number of rotatable bonds is 7. The minimum Gasteiger partial charge on any atom is -0.490 e. The molecular weight excluding hydrogens is 464 g/mol. The third kappa shape index (κ3) is 4.80. The molecule has 1 heterocycles. The van der Waals surface area contributed by atoms with Gasteiger partial charge in [0.1, 0.15) is 5.57 Å². The zero-order chi connectivity index (χ0) is 22.5. The van der Waals surface area contributed by atoms with Crippen LogP contribution in [0.3, 0.4) is 0 Å². The Morgan fingerprint density at radius 2 is 1.68 bits per heavy atom. The van der Waals surface area contributed by atoms with Crippen LogP contribution >= 0.6 is 15.9 Å². The number of anilines is 1. The monoisotopic (exact) mass is 486 g/mol. The summed E-state index contributed by atoms with van der Waals surface area (Å²) in [5.74, 6) is -0.420. The van der Waals surface area contributed by atoms with Crippen molar-refractivity contribution in [1.29, 1.82) is 0 Å². The van der Waals surface area contributed by atoms with E-state index in [-0.39, 0.29) is 5.57 Å². The van der Waals surface area contributed by atoms with Crippen LogP contribution in [-0.4, -0.2) is 31.1 Å². The average Bonchev–Trinajstić information content (AvgIpc) is 2.74. The fourth-order valence-corrected chi connectivity index (χ4v) is 3.73. The first kappa shape index (κ1) is 22.6. The number of halogens is 1. The summed E-state index contributed by atoms with van der Waals surface area (Å²) in [5, 5.41) is 2.23. The number of aryl methyl sites for hydroxylation is 1. The zero-order valence-electron chi connectivity index (χ0n) is 17.5. The van der Waals surface area contributed by atoms with E-state index in [1.54, 1.807) is 24.3 Å². The van der Waals surface area contributed by atoms with E-state index in [1.165, 1.54) is 6.08 Å². The lowest BCUT2D eigenvalue weighted by Crippen LogP contribution is -2.54. The molecule has 0 atom stereocenters. The van der Waals surface area contributed by atoms with Crippen LogP contribution in [0.15, 0.2) is 46.4 Å². The molecule has 31 heavy (non-hydrogen) atoms. The number of nitrogens with zero attached hydrogens (tertiary/aromatic N) is 1. The van der Waals surface area contributed by atoms with Crippen LogP contribution in [0.4, 0.5) is 10.5 Å². The van der Waals surface area contributed by atoms with Crippen molar-refractivity contribution in [2.24, 2.45) is 0 Å². The maximum atomic E-state index is 13.1. The molecule has 1 fully saturated rings. The number of barbiturate groups is 1. The second-order valence-corrected chi connectivity index (χ2v) is 7.53. The predicted molar refractivity (Wildman–Crippen MR) is 121 cm³/mol. The lowest BCUT2D eigenvalue weighted by atomic mass is 10.1. The van der Waals surface area contributed by atoms with Crippen LogP contribution in [-0.2, 0) is 16.0 Å². The molecule has 1 N–H and O–H groups in total. The Bertz CT molecular complexity index is 1050. The summed E-state index contributed by atoms with van der Waals surface area (Å²) in [6.45, 7) is 6.59. The van der Waals surface area contributed by atoms with E-state index in [1.807, 2.05) is 32.9 Å². The number of carbonyl (C=O) groups excluding carboxylic acids is 3. The molecule has 4 amide bonds. The number of benzene rings is 2. The van der Waals surface area contributed by atoms with Gasteiger partial charge in [-0.05, 0) is 77.7 Å². The molecule has 162 valence electrons. The minimum absolute atomic E-state index is 0.155. The van der Waals surface area contributed by atoms with E-state index >= 15 is 0 Å². The Morgan fingerprint density at radius 3 is 2.29 bits per heavy atom. The van der Waals surface area contributed by atoms with Gasteiger partial charge in [0.05, 0.1) is 23.4 Å². The number of ether oxygens (including phenoxy) is 2. The van der Waals surface area contributed by atoms with E-state index in [0.717, 1.165) is 16.9 Å². The van der Waals surface area contributed by atoms with Crippen LogP contribution in [0.25, 0.3) is 6.08 Å². The van der Waals surface area contributed by atoms with Gasteiger partial charge < -0.3 is 9.47 Å². The largest absolute Gasteiger partial charge is 0.490 e. The smallest absolute Gasteiger partial charge is 0.335 e. The molecule has 0 spiro atoms. The molecule has 1 aliphatic heterocycles. The van der Waals surface area contributed by atoms with Crippen molar-refractivity contribution in [3.63, 3.8) is 0 Å². The zero-order valence-corrected chi connectivity index (χ0v) is 19.1. The first-order valence-corrected chi connectivity index (χ1v) is 10.8. The molecule has 0 unspecified atom stereocenters. The van der Waals surface area contributed by atoms with Crippen molar-refractivity contribution in [1.82, 2.24) is 5.32 Å². The van der Waals surface area contributed by atoms with Crippen molar-refractivity contribution in [2.45, 2.75) is 27.2 Å². The summed E-state index contributed by atoms with van der Waals surface area (Å²) < 4.78 is 11.9. The van der Waals surface area contributed by atoms with Gasteiger partial charge in [0.25, 0.3) is 11.8 Å². The SMILES string of the molecule is CCOc1cc(/C=C2/C(=O)NC(=O)N(c3ccc(CC)cc3)C2=O)cc(Br)c1OCC. The molecule has 1 aliphatic rings.